The molecule has 0 aliphatic heterocycles. The molecule has 1 amide bonds. The molecule has 0 aliphatic carbocycles. The van der Waals surface area contributed by atoms with Crippen molar-refractivity contribution in [2.75, 3.05) is 6.61 Å². The first kappa shape index (κ1) is 19.0. The molecule has 0 bridgehead atoms. The van der Waals surface area contributed by atoms with Gasteiger partial charge in [0.25, 0.3) is 0 Å². The number of benzene rings is 2. The van der Waals surface area contributed by atoms with Crippen molar-refractivity contribution in [2.45, 2.75) is 25.9 Å². The lowest BCUT2D eigenvalue weighted by Crippen LogP contribution is -2.22. The summed E-state index contributed by atoms with van der Waals surface area (Å²) in [5.74, 6) is 1.33. The fourth-order valence-electron chi connectivity index (χ4n) is 2.86. The SMILES string of the molecule is C=CC(=O)NCc1nc2ccccc2n1CCCCOc1ccccc1Cl. The zero-order valence-electron chi connectivity index (χ0n) is 15.0. The zero-order valence-corrected chi connectivity index (χ0v) is 15.8. The van der Waals surface area contributed by atoms with Gasteiger partial charge in [0, 0.05) is 6.54 Å². The standard InChI is InChI=1S/C21H22ClN3O2/c1-2-21(26)23-15-20-24-17-10-4-5-11-18(17)25(20)13-7-8-14-27-19-12-6-3-9-16(19)22/h2-6,9-12H,1,7-8,13-15H2,(H,23,26). The average Bonchev–Trinajstić information content (AvgIpc) is 3.05. The van der Waals surface area contributed by atoms with E-state index < -0.39 is 0 Å². The third kappa shape index (κ3) is 4.89. The van der Waals surface area contributed by atoms with Crippen LogP contribution in [0.2, 0.25) is 5.02 Å². The molecule has 0 saturated heterocycles. The van der Waals surface area contributed by atoms with E-state index in [1.165, 1.54) is 6.08 Å². The summed E-state index contributed by atoms with van der Waals surface area (Å²) >= 11 is 6.10. The number of aromatic nitrogens is 2. The van der Waals surface area contributed by atoms with Crippen molar-refractivity contribution in [3.8, 4) is 5.75 Å². The molecule has 0 fully saturated rings. The van der Waals surface area contributed by atoms with Gasteiger partial charge in [-0.05, 0) is 43.2 Å². The molecule has 2 aromatic carbocycles. The Labute approximate surface area is 163 Å². The number of hydrogen-bond acceptors (Lipinski definition) is 3. The third-order valence-electron chi connectivity index (χ3n) is 4.21. The number of ether oxygens (including phenoxy) is 1. The topological polar surface area (TPSA) is 56.2 Å². The van der Waals surface area contributed by atoms with Gasteiger partial charge in [-0.2, -0.15) is 0 Å². The second-order valence-corrected chi connectivity index (χ2v) is 6.48. The van der Waals surface area contributed by atoms with Crippen LogP contribution in [0.5, 0.6) is 5.75 Å². The van der Waals surface area contributed by atoms with Crippen LogP contribution >= 0.6 is 11.6 Å². The second-order valence-electron chi connectivity index (χ2n) is 6.08. The number of amides is 1. The van der Waals surface area contributed by atoms with Gasteiger partial charge in [-0.15, -0.1) is 0 Å². The van der Waals surface area contributed by atoms with Crippen molar-refractivity contribution < 1.29 is 9.53 Å². The molecule has 3 aromatic rings. The van der Waals surface area contributed by atoms with Gasteiger partial charge in [0.05, 0.1) is 29.2 Å². The van der Waals surface area contributed by atoms with Crippen molar-refractivity contribution in [2.24, 2.45) is 0 Å². The number of imidazole rings is 1. The number of halogens is 1. The molecule has 0 spiro atoms. The van der Waals surface area contributed by atoms with Crippen molar-refractivity contribution in [1.82, 2.24) is 14.9 Å². The minimum absolute atomic E-state index is 0.207. The average molecular weight is 384 g/mol. The number of carbonyl (C=O) groups excluding carboxylic acids is 1. The Morgan fingerprint density at radius 1 is 1.19 bits per heavy atom. The number of nitrogens with zero attached hydrogens (tertiary/aromatic N) is 2. The fourth-order valence-corrected chi connectivity index (χ4v) is 3.05. The van der Waals surface area contributed by atoms with E-state index in [1.807, 2.05) is 48.5 Å². The number of carbonyl (C=O) groups is 1. The summed E-state index contributed by atoms with van der Waals surface area (Å²) in [4.78, 5) is 16.1. The van der Waals surface area contributed by atoms with E-state index in [1.54, 1.807) is 0 Å². The highest BCUT2D eigenvalue weighted by atomic mass is 35.5. The quantitative estimate of drug-likeness (QED) is 0.441. The Kier molecular flexibility index (Phi) is 6.49. The Morgan fingerprint density at radius 3 is 2.78 bits per heavy atom. The predicted octanol–water partition coefficient (Wildman–Crippen LogP) is 4.35. The molecule has 0 atom stereocenters. The van der Waals surface area contributed by atoms with Crippen LogP contribution in [-0.4, -0.2) is 22.1 Å². The van der Waals surface area contributed by atoms with Gasteiger partial charge in [0.15, 0.2) is 0 Å². The molecular weight excluding hydrogens is 362 g/mol. The molecule has 1 N–H and O–H groups in total. The van der Waals surface area contributed by atoms with Crippen LogP contribution in [0.4, 0.5) is 0 Å². The molecule has 0 aliphatic rings. The predicted molar refractivity (Wildman–Crippen MR) is 108 cm³/mol. The van der Waals surface area contributed by atoms with Crippen LogP contribution in [0.1, 0.15) is 18.7 Å². The van der Waals surface area contributed by atoms with Crippen LogP contribution in [0, 0.1) is 0 Å². The molecule has 0 unspecified atom stereocenters. The number of para-hydroxylation sites is 3. The Bertz CT molecular complexity index is 936. The van der Waals surface area contributed by atoms with Gasteiger partial charge < -0.3 is 14.6 Å². The Hall–Kier alpha value is -2.79. The minimum Gasteiger partial charge on any atom is -0.492 e. The smallest absolute Gasteiger partial charge is 0.243 e. The largest absolute Gasteiger partial charge is 0.492 e. The number of hydrogen-bond donors (Lipinski definition) is 1. The van der Waals surface area contributed by atoms with Crippen molar-refractivity contribution in [3.05, 3.63) is 72.0 Å². The third-order valence-corrected chi connectivity index (χ3v) is 4.52. The van der Waals surface area contributed by atoms with E-state index in [9.17, 15) is 4.79 Å². The van der Waals surface area contributed by atoms with E-state index in [2.05, 4.69) is 21.4 Å². The molecule has 140 valence electrons. The molecule has 5 nitrogen and oxygen atoms in total. The lowest BCUT2D eigenvalue weighted by molar-refractivity contribution is -0.116. The highest BCUT2D eigenvalue weighted by Crippen LogP contribution is 2.23. The molecule has 6 heteroatoms. The molecule has 0 saturated carbocycles. The van der Waals surface area contributed by atoms with Gasteiger partial charge in [-0.3, -0.25) is 4.79 Å². The van der Waals surface area contributed by atoms with E-state index in [0.717, 1.165) is 36.2 Å². The summed E-state index contributed by atoms with van der Waals surface area (Å²) in [6, 6.07) is 15.4. The van der Waals surface area contributed by atoms with Crippen LogP contribution in [0.25, 0.3) is 11.0 Å². The zero-order chi connectivity index (χ0) is 19.1. The maximum Gasteiger partial charge on any atom is 0.243 e. The van der Waals surface area contributed by atoms with Gasteiger partial charge in [-0.25, -0.2) is 4.98 Å². The fraction of sp³-hybridized carbons (Fsp3) is 0.238. The highest BCUT2D eigenvalue weighted by Gasteiger charge is 2.10. The first-order valence-corrected chi connectivity index (χ1v) is 9.28. The minimum atomic E-state index is -0.207. The summed E-state index contributed by atoms with van der Waals surface area (Å²) in [7, 11) is 0. The lowest BCUT2D eigenvalue weighted by Gasteiger charge is -2.11. The first-order chi connectivity index (χ1) is 13.2. The molecule has 27 heavy (non-hydrogen) atoms. The number of rotatable bonds is 9. The summed E-state index contributed by atoms with van der Waals surface area (Å²) in [5, 5.41) is 3.42. The van der Waals surface area contributed by atoms with E-state index in [4.69, 9.17) is 16.3 Å². The van der Waals surface area contributed by atoms with Crippen molar-refractivity contribution >= 4 is 28.5 Å². The van der Waals surface area contributed by atoms with Crippen LogP contribution < -0.4 is 10.1 Å². The normalized spacial score (nSPS) is 10.7. The summed E-state index contributed by atoms with van der Waals surface area (Å²) in [6.07, 6.45) is 3.07. The van der Waals surface area contributed by atoms with Gasteiger partial charge in [-0.1, -0.05) is 42.4 Å². The Morgan fingerprint density at radius 2 is 1.96 bits per heavy atom. The second kappa shape index (κ2) is 9.24. The molecule has 1 heterocycles. The van der Waals surface area contributed by atoms with Crippen LogP contribution in [0.15, 0.2) is 61.2 Å². The maximum absolute atomic E-state index is 11.5. The molecule has 3 rings (SSSR count). The number of aryl methyl sites for hydroxylation is 1. The van der Waals surface area contributed by atoms with Gasteiger partial charge >= 0.3 is 0 Å². The highest BCUT2D eigenvalue weighted by molar-refractivity contribution is 6.32. The molecule has 1 aromatic heterocycles. The van der Waals surface area contributed by atoms with Crippen LogP contribution in [-0.2, 0) is 17.9 Å². The van der Waals surface area contributed by atoms with E-state index >= 15 is 0 Å². The summed E-state index contributed by atoms with van der Waals surface area (Å²) < 4.78 is 7.89. The van der Waals surface area contributed by atoms with Crippen molar-refractivity contribution in [1.29, 1.82) is 0 Å². The van der Waals surface area contributed by atoms with Crippen LogP contribution in [0.3, 0.4) is 0 Å². The molecule has 0 radical (unpaired) electrons. The molecular formula is C21H22ClN3O2. The number of nitrogens with one attached hydrogen (secondary N) is 1. The first-order valence-electron chi connectivity index (χ1n) is 8.91. The van der Waals surface area contributed by atoms with E-state index in [0.29, 0.717) is 23.9 Å². The number of unbranched alkanes of at least 4 members (excludes halogenated alkanes) is 1. The van der Waals surface area contributed by atoms with E-state index in [-0.39, 0.29) is 5.91 Å². The monoisotopic (exact) mass is 383 g/mol. The number of fused-ring (bicyclic) bond motifs is 1. The Balaban J connectivity index is 1.60. The lowest BCUT2D eigenvalue weighted by atomic mass is 10.3. The maximum atomic E-state index is 11.5. The van der Waals surface area contributed by atoms with Gasteiger partial charge in [0.2, 0.25) is 5.91 Å². The van der Waals surface area contributed by atoms with Gasteiger partial charge in [0.1, 0.15) is 11.6 Å². The van der Waals surface area contributed by atoms with Crippen molar-refractivity contribution in [3.63, 3.8) is 0 Å². The summed E-state index contributed by atoms with van der Waals surface area (Å²) in [5.41, 5.74) is 1.99. The summed E-state index contributed by atoms with van der Waals surface area (Å²) in [6.45, 7) is 5.24.